The number of hydrogen-bond acceptors (Lipinski definition) is 6. The Labute approximate surface area is 176 Å². The van der Waals surface area contributed by atoms with E-state index < -0.39 is 10.7 Å². The van der Waals surface area contributed by atoms with Crippen LogP contribution in [0.5, 0.6) is 0 Å². The van der Waals surface area contributed by atoms with E-state index in [4.69, 9.17) is 11.6 Å². The summed E-state index contributed by atoms with van der Waals surface area (Å²) in [6.45, 7) is 1.70. The van der Waals surface area contributed by atoms with Crippen LogP contribution in [0, 0.1) is 39.2 Å². The van der Waals surface area contributed by atoms with Crippen molar-refractivity contribution in [3.8, 4) is 12.0 Å². The van der Waals surface area contributed by atoms with Crippen LogP contribution in [-0.4, -0.2) is 28.0 Å². The summed E-state index contributed by atoms with van der Waals surface area (Å²) in [5, 5.41) is 15.0. The second-order valence-corrected chi connectivity index (χ2v) is 7.90. The third kappa shape index (κ3) is 3.03. The number of hydrogen-bond donors (Lipinski definition) is 1. The van der Waals surface area contributed by atoms with Crippen LogP contribution in [-0.2, 0) is 0 Å². The molecule has 1 N–H and O–H groups in total. The number of nitrogens with zero attached hydrogens (tertiary/aromatic N) is 4. The van der Waals surface area contributed by atoms with Gasteiger partial charge in [0, 0.05) is 24.7 Å². The second kappa shape index (κ2) is 6.90. The summed E-state index contributed by atoms with van der Waals surface area (Å²) >= 11 is 6.01. The van der Waals surface area contributed by atoms with Crippen LogP contribution in [0.1, 0.15) is 6.42 Å². The third-order valence-corrected chi connectivity index (χ3v) is 5.96. The lowest BCUT2D eigenvalue weighted by molar-refractivity contribution is -0.384. The maximum Gasteiger partial charge on any atom is 0.270 e. The Balaban J connectivity index is 1.71. The molecule has 1 saturated carbocycles. The van der Waals surface area contributed by atoms with Gasteiger partial charge < -0.3 is 5.32 Å². The van der Waals surface area contributed by atoms with Gasteiger partial charge in [0.25, 0.3) is 5.69 Å². The molecule has 0 spiro atoms. The fourth-order valence-corrected chi connectivity index (χ4v) is 4.08. The molecule has 2 atom stereocenters. The fraction of sp³-hybridized carbons (Fsp3) is 0.238. The first-order valence-corrected chi connectivity index (χ1v) is 9.73. The number of nitro groups is 1. The Morgan fingerprint density at radius 1 is 1.33 bits per heavy atom. The van der Waals surface area contributed by atoms with E-state index in [9.17, 15) is 14.5 Å². The molecule has 1 aliphatic heterocycles. The highest BCUT2D eigenvalue weighted by molar-refractivity contribution is 6.31. The lowest BCUT2D eigenvalue weighted by Gasteiger charge is -2.19. The Morgan fingerprint density at radius 3 is 2.93 bits per heavy atom. The van der Waals surface area contributed by atoms with Crippen molar-refractivity contribution in [3.05, 3.63) is 63.7 Å². The Bertz CT molecular complexity index is 1260. The van der Waals surface area contributed by atoms with E-state index in [0.717, 1.165) is 19.5 Å². The Hall–Kier alpha value is -3.28. The first-order valence-electron chi connectivity index (χ1n) is 9.35. The maximum atomic E-state index is 14.9. The summed E-state index contributed by atoms with van der Waals surface area (Å²) in [5.41, 5.74) is 0.382. The van der Waals surface area contributed by atoms with Crippen LogP contribution in [0.25, 0.3) is 10.9 Å². The Morgan fingerprint density at radius 2 is 2.20 bits per heavy atom. The lowest BCUT2D eigenvalue weighted by Crippen LogP contribution is -2.17. The van der Waals surface area contributed by atoms with E-state index in [1.807, 2.05) is 0 Å². The smallest absolute Gasteiger partial charge is 0.270 e. The normalized spacial score (nSPS) is 21.6. The summed E-state index contributed by atoms with van der Waals surface area (Å²) in [6, 6.07) is 12.0. The highest BCUT2D eigenvalue weighted by atomic mass is 35.5. The van der Waals surface area contributed by atoms with Gasteiger partial charge >= 0.3 is 0 Å². The first kappa shape index (κ1) is 18.7. The van der Waals surface area contributed by atoms with Crippen molar-refractivity contribution < 1.29 is 9.31 Å². The van der Waals surface area contributed by atoms with E-state index in [-0.39, 0.29) is 27.6 Å². The van der Waals surface area contributed by atoms with Crippen molar-refractivity contribution in [1.29, 1.82) is 0 Å². The van der Waals surface area contributed by atoms with Gasteiger partial charge in [-0.25, -0.2) is 19.3 Å². The minimum atomic E-state index is -0.639. The second-order valence-electron chi connectivity index (χ2n) is 7.49. The van der Waals surface area contributed by atoms with Gasteiger partial charge in [-0.1, -0.05) is 23.6 Å². The lowest BCUT2D eigenvalue weighted by atomic mass is 10.1. The van der Waals surface area contributed by atoms with Crippen LogP contribution in [0.15, 0.2) is 42.7 Å². The van der Waals surface area contributed by atoms with Crippen LogP contribution < -0.4 is 10.2 Å². The zero-order chi connectivity index (χ0) is 20.9. The minimum Gasteiger partial charge on any atom is -0.315 e. The monoisotopic (exact) mass is 423 g/mol. The molecule has 9 heteroatoms. The number of benzene rings is 2. The molecule has 1 aromatic heterocycles. The molecule has 2 heterocycles. The molecule has 1 saturated heterocycles. The molecule has 0 amide bonds. The number of aromatic nitrogens is 2. The molecule has 2 aliphatic rings. The van der Waals surface area contributed by atoms with Crippen LogP contribution in [0.3, 0.4) is 0 Å². The van der Waals surface area contributed by atoms with Gasteiger partial charge in [0.15, 0.2) is 11.6 Å². The Kier molecular flexibility index (Phi) is 4.31. The maximum absolute atomic E-state index is 14.9. The SMILES string of the molecule is O=[N+]([O-])c1ccc2ncnc(N(C#C[C@]34CNC[C@H]3C4)c3cccc(Cl)c3F)c2c1. The van der Waals surface area contributed by atoms with E-state index in [0.29, 0.717) is 16.8 Å². The topological polar surface area (TPSA) is 84.2 Å². The molecule has 1 aliphatic carbocycles. The summed E-state index contributed by atoms with van der Waals surface area (Å²) in [7, 11) is 0. The predicted octanol–water partition coefficient (Wildman–Crippen LogP) is 4.04. The standard InChI is InChI=1S/C21H15ClFN5O2/c22-16-2-1-3-18(19(16)23)27(7-6-21-9-13(21)10-24-11-21)20-15-8-14(28(29)30)4-5-17(15)25-12-26-20/h1-5,8,12-13,24H,9-11H2/t13-,21+/m1/s1. The van der Waals surface area contributed by atoms with Crippen LogP contribution >= 0.6 is 11.6 Å². The molecule has 0 unspecified atom stereocenters. The molecular formula is C21H15ClFN5O2. The summed E-state index contributed by atoms with van der Waals surface area (Å²) in [5.74, 6) is 3.39. The summed E-state index contributed by atoms with van der Waals surface area (Å²) in [6.07, 6.45) is 2.32. The molecule has 3 aromatic rings. The molecule has 7 nitrogen and oxygen atoms in total. The summed E-state index contributed by atoms with van der Waals surface area (Å²) in [4.78, 5) is 20.7. The highest BCUT2D eigenvalue weighted by Crippen LogP contribution is 2.54. The number of halogens is 2. The molecule has 2 aromatic carbocycles. The first-order chi connectivity index (χ1) is 14.5. The molecule has 0 bridgehead atoms. The van der Waals surface area contributed by atoms with E-state index in [1.165, 1.54) is 35.5 Å². The molecule has 150 valence electrons. The third-order valence-electron chi connectivity index (χ3n) is 5.67. The number of fused-ring (bicyclic) bond motifs is 2. The average molecular weight is 424 g/mol. The van der Waals surface area contributed by atoms with Crippen LogP contribution in [0.2, 0.25) is 5.02 Å². The molecular weight excluding hydrogens is 409 g/mol. The molecule has 30 heavy (non-hydrogen) atoms. The quantitative estimate of drug-likeness (QED) is 0.296. The van der Waals surface area contributed by atoms with E-state index >= 15 is 0 Å². The fourth-order valence-electron chi connectivity index (χ4n) is 3.91. The van der Waals surface area contributed by atoms with Gasteiger partial charge in [-0.05, 0) is 37.1 Å². The van der Waals surface area contributed by atoms with Gasteiger partial charge in [0.2, 0.25) is 0 Å². The number of nitro benzene ring substituents is 1. The van der Waals surface area contributed by atoms with Crippen molar-refractivity contribution in [1.82, 2.24) is 15.3 Å². The highest BCUT2D eigenvalue weighted by Gasteiger charge is 2.56. The molecule has 0 radical (unpaired) electrons. The van der Waals surface area contributed by atoms with Crippen molar-refractivity contribution in [3.63, 3.8) is 0 Å². The number of rotatable bonds is 3. The van der Waals surface area contributed by atoms with Crippen LogP contribution in [0.4, 0.5) is 21.6 Å². The van der Waals surface area contributed by atoms with Gasteiger partial charge in [0.1, 0.15) is 6.33 Å². The number of non-ortho nitro benzene ring substituents is 1. The number of nitrogens with one attached hydrogen (secondary N) is 1. The van der Waals surface area contributed by atoms with Gasteiger partial charge in [-0.15, -0.1) is 0 Å². The van der Waals surface area contributed by atoms with Crippen molar-refractivity contribution in [2.75, 3.05) is 18.0 Å². The minimum absolute atomic E-state index is 0.0476. The number of anilines is 2. The van der Waals surface area contributed by atoms with Crippen molar-refractivity contribution in [2.24, 2.45) is 11.3 Å². The largest absolute Gasteiger partial charge is 0.315 e. The van der Waals surface area contributed by atoms with E-state index in [1.54, 1.807) is 12.1 Å². The number of piperidine rings is 1. The predicted molar refractivity (Wildman–Crippen MR) is 111 cm³/mol. The van der Waals surface area contributed by atoms with Crippen molar-refractivity contribution in [2.45, 2.75) is 6.42 Å². The zero-order valence-electron chi connectivity index (χ0n) is 15.6. The average Bonchev–Trinajstić information content (AvgIpc) is 3.29. The molecule has 2 fully saturated rings. The summed E-state index contributed by atoms with van der Waals surface area (Å²) < 4.78 is 14.9. The van der Waals surface area contributed by atoms with Crippen molar-refractivity contribution >= 4 is 39.7 Å². The zero-order valence-corrected chi connectivity index (χ0v) is 16.4. The van der Waals surface area contributed by atoms with Gasteiger partial charge in [0.05, 0.1) is 32.0 Å². The van der Waals surface area contributed by atoms with E-state index in [2.05, 4.69) is 27.2 Å². The van der Waals surface area contributed by atoms with Gasteiger partial charge in [-0.2, -0.15) is 0 Å². The molecule has 5 rings (SSSR count). The van der Waals surface area contributed by atoms with Gasteiger partial charge in [-0.3, -0.25) is 10.1 Å².